The molecule has 0 saturated heterocycles. The lowest BCUT2D eigenvalue weighted by Gasteiger charge is -2.07. The van der Waals surface area contributed by atoms with Gasteiger partial charge in [0.05, 0.1) is 17.9 Å². The molecule has 0 spiro atoms. The summed E-state index contributed by atoms with van der Waals surface area (Å²) in [5.41, 5.74) is 1.43. The number of hydrogen-bond acceptors (Lipinski definition) is 4. The highest BCUT2D eigenvalue weighted by molar-refractivity contribution is 6.42. The molecule has 1 atom stereocenters. The zero-order valence-corrected chi connectivity index (χ0v) is 13.3. The Bertz CT molecular complexity index is 832. The third kappa shape index (κ3) is 2.65. The summed E-state index contributed by atoms with van der Waals surface area (Å²) in [5, 5.41) is 5.67. The Kier molecular flexibility index (Phi) is 3.77. The van der Waals surface area contributed by atoms with Crippen molar-refractivity contribution < 1.29 is 4.79 Å². The summed E-state index contributed by atoms with van der Waals surface area (Å²) in [6.45, 7) is 4.30. The number of nitrogens with zero attached hydrogens (tertiary/aromatic N) is 3. The van der Waals surface area contributed by atoms with E-state index in [0.29, 0.717) is 12.2 Å². The van der Waals surface area contributed by atoms with Gasteiger partial charge in [-0.05, 0) is 26.0 Å². The molecule has 2 aromatic rings. The Morgan fingerprint density at radius 3 is 2.65 bits per heavy atom. The molecule has 23 heavy (non-hydrogen) atoms. The molecule has 3 rings (SSSR count). The minimum absolute atomic E-state index is 0.133. The third-order valence-corrected chi connectivity index (χ3v) is 3.91. The number of amidine groups is 1. The Morgan fingerprint density at radius 2 is 2.04 bits per heavy atom. The van der Waals surface area contributed by atoms with Crippen molar-refractivity contribution in [3.8, 4) is 5.69 Å². The molecule has 1 aliphatic rings. The monoisotopic (exact) mass is 313 g/mol. The maximum Gasteiger partial charge on any atom is 0.295 e. The molecule has 7 nitrogen and oxygen atoms in total. The Labute approximate surface area is 133 Å². The van der Waals surface area contributed by atoms with E-state index in [1.54, 1.807) is 18.7 Å². The summed E-state index contributed by atoms with van der Waals surface area (Å²) < 4.78 is 3.25. The molecule has 2 heterocycles. The van der Waals surface area contributed by atoms with Crippen LogP contribution >= 0.6 is 0 Å². The number of para-hydroxylation sites is 1. The molecule has 1 amide bonds. The Hall–Kier alpha value is -2.83. The summed E-state index contributed by atoms with van der Waals surface area (Å²) in [5.74, 6) is -0.119. The maximum absolute atomic E-state index is 12.7. The quantitative estimate of drug-likeness (QED) is 0.880. The van der Waals surface area contributed by atoms with Gasteiger partial charge < -0.3 is 10.6 Å². The van der Waals surface area contributed by atoms with Crippen LogP contribution in [-0.2, 0) is 11.8 Å². The van der Waals surface area contributed by atoms with Gasteiger partial charge in [-0.25, -0.2) is 4.68 Å². The number of carbonyl (C=O) groups is 1. The number of carbonyl (C=O) groups excluding carboxylic acids is 1. The first-order valence-electron chi connectivity index (χ1n) is 7.45. The molecule has 1 aliphatic heterocycles. The summed E-state index contributed by atoms with van der Waals surface area (Å²) in [6, 6.07) is 9.43. The molecule has 0 aliphatic carbocycles. The zero-order valence-electron chi connectivity index (χ0n) is 13.3. The number of rotatable bonds is 3. The fourth-order valence-corrected chi connectivity index (χ4v) is 2.58. The lowest BCUT2D eigenvalue weighted by molar-refractivity contribution is -0.110. The van der Waals surface area contributed by atoms with E-state index >= 15 is 0 Å². The third-order valence-electron chi connectivity index (χ3n) is 3.91. The largest absolute Gasteiger partial charge is 0.361 e. The standard InChI is InChI=1S/C16H19N5O2/c1-10-9-17-14(18-10)15(22)19-13-11(2)20(3)21(16(13)23)12-7-5-4-6-8-12/h4-8,10H,9H2,1-3H3,(H,17,18)(H,19,22). The van der Waals surface area contributed by atoms with Crippen molar-refractivity contribution in [2.24, 2.45) is 12.0 Å². The molecule has 0 fully saturated rings. The molecule has 0 saturated carbocycles. The first kappa shape index (κ1) is 15.1. The fourth-order valence-electron chi connectivity index (χ4n) is 2.58. The number of anilines is 1. The van der Waals surface area contributed by atoms with Gasteiger partial charge in [0.25, 0.3) is 11.5 Å². The lowest BCUT2D eigenvalue weighted by Crippen LogP contribution is -2.37. The zero-order chi connectivity index (χ0) is 16.6. The average Bonchev–Trinajstić information content (AvgIpc) is 3.06. The van der Waals surface area contributed by atoms with Crippen molar-refractivity contribution in [2.45, 2.75) is 19.9 Å². The molecule has 0 radical (unpaired) electrons. The second-order valence-corrected chi connectivity index (χ2v) is 5.63. The van der Waals surface area contributed by atoms with E-state index in [0.717, 1.165) is 5.69 Å². The van der Waals surface area contributed by atoms with E-state index in [4.69, 9.17) is 0 Å². The highest BCUT2D eigenvalue weighted by Crippen LogP contribution is 2.14. The van der Waals surface area contributed by atoms with Gasteiger partial charge in [-0.15, -0.1) is 0 Å². The van der Waals surface area contributed by atoms with Gasteiger partial charge >= 0.3 is 0 Å². The van der Waals surface area contributed by atoms with E-state index in [1.165, 1.54) is 4.68 Å². The van der Waals surface area contributed by atoms with E-state index in [2.05, 4.69) is 15.6 Å². The lowest BCUT2D eigenvalue weighted by atomic mass is 10.3. The van der Waals surface area contributed by atoms with Crippen LogP contribution in [-0.4, -0.2) is 33.7 Å². The topological polar surface area (TPSA) is 80.4 Å². The van der Waals surface area contributed by atoms with Crippen molar-refractivity contribution in [2.75, 3.05) is 11.9 Å². The second-order valence-electron chi connectivity index (χ2n) is 5.63. The van der Waals surface area contributed by atoms with Gasteiger partial charge in [-0.3, -0.25) is 19.3 Å². The van der Waals surface area contributed by atoms with Gasteiger partial charge in [0.2, 0.25) is 0 Å². The number of benzene rings is 1. The van der Waals surface area contributed by atoms with Crippen LogP contribution in [0.5, 0.6) is 0 Å². The van der Waals surface area contributed by atoms with E-state index in [-0.39, 0.29) is 29.0 Å². The molecule has 7 heteroatoms. The molecule has 1 unspecified atom stereocenters. The van der Waals surface area contributed by atoms with Crippen LogP contribution in [0.2, 0.25) is 0 Å². The number of aromatic nitrogens is 2. The maximum atomic E-state index is 12.7. The fraction of sp³-hybridized carbons (Fsp3) is 0.312. The van der Waals surface area contributed by atoms with Crippen LogP contribution in [0.15, 0.2) is 40.1 Å². The van der Waals surface area contributed by atoms with E-state index in [9.17, 15) is 9.59 Å². The van der Waals surface area contributed by atoms with Crippen molar-refractivity contribution in [3.05, 3.63) is 46.4 Å². The van der Waals surface area contributed by atoms with Gasteiger partial charge in [0, 0.05) is 13.1 Å². The van der Waals surface area contributed by atoms with Crippen molar-refractivity contribution in [1.29, 1.82) is 0 Å². The number of hydrogen-bond donors (Lipinski definition) is 2. The predicted molar refractivity (Wildman–Crippen MR) is 89.3 cm³/mol. The van der Waals surface area contributed by atoms with Crippen molar-refractivity contribution in [3.63, 3.8) is 0 Å². The molecular formula is C16H19N5O2. The molecule has 0 bridgehead atoms. The minimum atomic E-state index is -0.389. The normalized spacial score (nSPS) is 16.8. The average molecular weight is 313 g/mol. The molecule has 1 aromatic heterocycles. The minimum Gasteiger partial charge on any atom is -0.361 e. The van der Waals surface area contributed by atoms with Gasteiger partial charge in [0.1, 0.15) is 5.69 Å². The molecule has 1 aromatic carbocycles. The smallest absolute Gasteiger partial charge is 0.295 e. The first-order chi connectivity index (χ1) is 11.0. The Balaban J connectivity index is 1.95. The molecule has 120 valence electrons. The van der Waals surface area contributed by atoms with Crippen molar-refractivity contribution >= 4 is 17.4 Å². The van der Waals surface area contributed by atoms with E-state index in [1.807, 2.05) is 37.3 Å². The number of nitrogens with one attached hydrogen (secondary N) is 2. The van der Waals surface area contributed by atoms with Gasteiger partial charge in [-0.1, -0.05) is 18.2 Å². The summed E-state index contributed by atoms with van der Waals surface area (Å²) >= 11 is 0. The highest BCUT2D eigenvalue weighted by Gasteiger charge is 2.23. The SMILES string of the molecule is Cc1c(NC(=O)C2=NCC(C)N2)c(=O)n(-c2ccccc2)n1C. The first-order valence-corrected chi connectivity index (χ1v) is 7.45. The summed E-state index contributed by atoms with van der Waals surface area (Å²) in [6.07, 6.45) is 0. The van der Waals surface area contributed by atoms with Gasteiger partial charge in [-0.2, -0.15) is 0 Å². The Morgan fingerprint density at radius 1 is 1.35 bits per heavy atom. The van der Waals surface area contributed by atoms with Gasteiger partial charge in [0.15, 0.2) is 5.84 Å². The van der Waals surface area contributed by atoms with Crippen LogP contribution in [0.3, 0.4) is 0 Å². The van der Waals surface area contributed by atoms with Crippen molar-refractivity contribution in [1.82, 2.24) is 14.7 Å². The van der Waals surface area contributed by atoms with Crippen LogP contribution in [0.4, 0.5) is 5.69 Å². The predicted octanol–water partition coefficient (Wildman–Crippen LogP) is 0.813. The van der Waals surface area contributed by atoms with Crippen LogP contribution in [0, 0.1) is 6.92 Å². The highest BCUT2D eigenvalue weighted by atomic mass is 16.2. The van der Waals surface area contributed by atoms with Crippen LogP contribution in [0.25, 0.3) is 5.69 Å². The number of aliphatic imine (C=N–C) groups is 1. The van der Waals surface area contributed by atoms with Crippen LogP contribution in [0.1, 0.15) is 12.6 Å². The number of amides is 1. The molecular weight excluding hydrogens is 294 g/mol. The summed E-state index contributed by atoms with van der Waals surface area (Å²) in [4.78, 5) is 29.1. The second kappa shape index (κ2) is 5.75. The van der Waals surface area contributed by atoms with Crippen LogP contribution < -0.4 is 16.2 Å². The van der Waals surface area contributed by atoms with E-state index < -0.39 is 0 Å². The molecule has 2 N–H and O–H groups in total. The summed E-state index contributed by atoms with van der Waals surface area (Å²) in [7, 11) is 1.78.